The third-order valence-corrected chi connectivity index (χ3v) is 0. The van der Waals surface area contributed by atoms with Crippen molar-refractivity contribution >= 4 is 17.6 Å². The molecule has 40 valence electrons. The first-order valence-electron chi connectivity index (χ1n) is 0.730. The molecule has 0 rings (SSSR count). The number of rotatable bonds is 0. The molecule has 6 nitrogen and oxygen atoms in total. The van der Waals surface area contributed by atoms with Crippen LogP contribution in [0.15, 0.2) is 10.7 Å². The van der Waals surface area contributed by atoms with E-state index in [0.717, 1.165) is 10.7 Å². The van der Waals surface area contributed by atoms with Crippen LogP contribution in [0.25, 0.3) is 0 Å². The van der Waals surface area contributed by atoms with Gasteiger partial charge in [0.2, 0.25) is 0 Å². The molecule has 0 aromatic heterocycles. The van der Waals surface area contributed by atoms with Crippen LogP contribution in [0.3, 0.4) is 0 Å². The molecule has 0 atom stereocenters. The Morgan fingerprint density at radius 2 is 1.00 bits per heavy atom. The standard InChI is InChI=1S/GeH2.2HNO2/c;2*2-1-3/h1H2;2*(H,2,3)/q+2;;/p-2. The van der Waals surface area contributed by atoms with Gasteiger partial charge in [-0.2, -0.15) is 0 Å². The van der Waals surface area contributed by atoms with Gasteiger partial charge in [0.15, 0.2) is 0 Å². The molecule has 7 heteroatoms. The van der Waals surface area contributed by atoms with Gasteiger partial charge in [-0.15, -0.1) is 10.7 Å². The number of hydrogen-bond acceptors (Lipinski definition) is 6. The molecule has 0 bridgehead atoms. The summed E-state index contributed by atoms with van der Waals surface area (Å²) in [5, 5.41) is 18.0. The van der Waals surface area contributed by atoms with Crippen molar-refractivity contribution < 1.29 is 0 Å². The Balaban J connectivity index is -0.0000000400. The second-order valence-electron chi connectivity index (χ2n) is 0.149. The maximum absolute atomic E-state index is 8.00. The third-order valence-electron chi connectivity index (χ3n) is 0. The summed E-state index contributed by atoms with van der Waals surface area (Å²) in [4.78, 5) is 16.0. The van der Waals surface area contributed by atoms with E-state index >= 15 is 0 Å². The first kappa shape index (κ1) is 16.2. The van der Waals surface area contributed by atoms with E-state index in [1.807, 2.05) is 0 Å². The Labute approximate surface area is 49.4 Å². The summed E-state index contributed by atoms with van der Waals surface area (Å²) in [5.74, 6) is 0. The molecule has 0 heterocycles. The number of hydrogen-bond donors (Lipinski definition) is 0. The molecular formula is H2GeN2O4. The van der Waals surface area contributed by atoms with E-state index in [-0.39, 0.29) is 17.6 Å². The van der Waals surface area contributed by atoms with Crippen molar-refractivity contribution in [3.63, 3.8) is 0 Å². The molecule has 0 aliphatic rings. The summed E-state index contributed by atoms with van der Waals surface area (Å²) < 4.78 is 0. The van der Waals surface area contributed by atoms with E-state index in [1.165, 1.54) is 0 Å². The molecule has 0 radical (unpaired) electrons. The maximum atomic E-state index is 8.00. The Hall–Kier alpha value is -0.657. The Bertz CT molecular complexity index is 30.7. The zero-order valence-electron chi connectivity index (χ0n) is 3.23. The molecule has 0 saturated carbocycles. The van der Waals surface area contributed by atoms with Crippen molar-refractivity contribution in [2.45, 2.75) is 0 Å². The van der Waals surface area contributed by atoms with Crippen LogP contribution in [0.1, 0.15) is 0 Å². The predicted octanol–water partition coefficient (Wildman–Crippen LogP) is -0.415. The monoisotopic (exact) mass is 168 g/mol. The minimum atomic E-state index is 0. The van der Waals surface area contributed by atoms with Gasteiger partial charge in [0.05, 0.1) is 0 Å². The van der Waals surface area contributed by atoms with Gasteiger partial charge in [-0.1, -0.05) is 0 Å². The van der Waals surface area contributed by atoms with Crippen molar-refractivity contribution in [3.8, 4) is 0 Å². The van der Waals surface area contributed by atoms with Crippen molar-refractivity contribution in [2.24, 2.45) is 10.7 Å². The summed E-state index contributed by atoms with van der Waals surface area (Å²) in [7, 11) is 0. The van der Waals surface area contributed by atoms with E-state index in [9.17, 15) is 0 Å². The van der Waals surface area contributed by atoms with Crippen LogP contribution in [-0.2, 0) is 0 Å². The first-order chi connectivity index (χ1) is 2.83. The van der Waals surface area contributed by atoms with Crippen molar-refractivity contribution in [1.29, 1.82) is 0 Å². The van der Waals surface area contributed by atoms with Gasteiger partial charge >= 0.3 is 17.6 Å². The summed E-state index contributed by atoms with van der Waals surface area (Å²) in [6.07, 6.45) is 0. The van der Waals surface area contributed by atoms with Crippen LogP contribution >= 0.6 is 0 Å². The zero-order chi connectivity index (χ0) is 5.41. The molecule has 0 N–H and O–H groups in total. The normalized spacial score (nSPS) is 3.43. The van der Waals surface area contributed by atoms with Gasteiger partial charge in [-0.25, -0.2) is 0 Å². The quantitative estimate of drug-likeness (QED) is 0.277. The van der Waals surface area contributed by atoms with E-state index < -0.39 is 0 Å². The molecule has 0 aromatic carbocycles. The van der Waals surface area contributed by atoms with Gasteiger partial charge < -0.3 is 20.2 Å². The van der Waals surface area contributed by atoms with E-state index in [0.29, 0.717) is 0 Å². The van der Waals surface area contributed by atoms with E-state index in [2.05, 4.69) is 0 Å². The average molecular weight is 167 g/mol. The molecule has 0 spiro atoms. The van der Waals surface area contributed by atoms with Crippen LogP contribution in [0.5, 0.6) is 0 Å². The van der Waals surface area contributed by atoms with Gasteiger partial charge in [0.25, 0.3) is 0 Å². The van der Waals surface area contributed by atoms with Crippen LogP contribution in [0.2, 0.25) is 0 Å². The predicted molar refractivity (Wildman–Crippen MR) is 26.9 cm³/mol. The molecule has 0 saturated heterocycles. The first-order valence-corrected chi connectivity index (χ1v) is 0.730. The molecule has 0 aliphatic heterocycles. The molecular weight excluding hydrogens is 165 g/mol. The second kappa shape index (κ2) is 55.9. The Morgan fingerprint density at radius 1 is 1.00 bits per heavy atom. The van der Waals surface area contributed by atoms with Crippen molar-refractivity contribution in [3.05, 3.63) is 20.2 Å². The zero-order valence-corrected chi connectivity index (χ0v) is 6.20. The number of nitrogens with zero attached hydrogens (tertiary/aromatic N) is 2. The van der Waals surface area contributed by atoms with Crippen LogP contribution in [0.4, 0.5) is 0 Å². The molecule has 0 fully saturated rings. The fraction of sp³-hybridized carbons (Fsp3) is 0. The van der Waals surface area contributed by atoms with Crippen LogP contribution in [-0.4, -0.2) is 17.6 Å². The third kappa shape index (κ3) is 138. The van der Waals surface area contributed by atoms with Gasteiger partial charge in [-0.05, 0) is 0 Å². The Kier molecular flexibility index (Phi) is 129. The van der Waals surface area contributed by atoms with Crippen LogP contribution < -0.4 is 0 Å². The molecule has 7 heavy (non-hydrogen) atoms. The van der Waals surface area contributed by atoms with E-state index in [1.54, 1.807) is 0 Å². The van der Waals surface area contributed by atoms with Gasteiger partial charge in [-0.3, -0.25) is 0 Å². The fourth-order valence-corrected chi connectivity index (χ4v) is 0. The summed E-state index contributed by atoms with van der Waals surface area (Å²) >= 11 is 0. The van der Waals surface area contributed by atoms with Crippen molar-refractivity contribution in [1.82, 2.24) is 0 Å². The Morgan fingerprint density at radius 3 is 1.00 bits per heavy atom. The van der Waals surface area contributed by atoms with Crippen molar-refractivity contribution in [2.75, 3.05) is 0 Å². The molecule has 0 amide bonds. The molecule has 0 aliphatic carbocycles. The van der Waals surface area contributed by atoms with Gasteiger partial charge in [0.1, 0.15) is 0 Å². The second-order valence-corrected chi connectivity index (χ2v) is 0.149. The molecule has 0 aromatic rings. The minimum absolute atomic E-state index is 0. The fourth-order valence-electron chi connectivity index (χ4n) is 0. The summed E-state index contributed by atoms with van der Waals surface area (Å²) in [5.41, 5.74) is 0. The van der Waals surface area contributed by atoms with E-state index in [4.69, 9.17) is 20.2 Å². The molecule has 0 unspecified atom stereocenters. The van der Waals surface area contributed by atoms with Gasteiger partial charge in [0, 0.05) is 0 Å². The SMILES string of the molecule is O=N[O-].O=N[O-].[GeH2+2]. The average Bonchev–Trinajstić information content (AvgIpc) is 1.39. The van der Waals surface area contributed by atoms with Crippen LogP contribution in [0, 0.1) is 20.2 Å². The summed E-state index contributed by atoms with van der Waals surface area (Å²) in [6.45, 7) is 0. The topological polar surface area (TPSA) is 105 Å². The summed E-state index contributed by atoms with van der Waals surface area (Å²) in [6, 6.07) is 0.